The number of nitrogens with zero attached hydrogens (tertiary/aromatic N) is 1. The molecular weight excluding hydrogens is 230 g/mol. The van der Waals surface area contributed by atoms with Crippen molar-refractivity contribution >= 4 is 5.91 Å². The molecule has 0 aromatic rings. The van der Waals surface area contributed by atoms with Crippen molar-refractivity contribution in [1.29, 1.82) is 0 Å². The van der Waals surface area contributed by atoms with Crippen LogP contribution in [0.15, 0.2) is 0 Å². The van der Waals surface area contributed by atoms with Gasteiger partial charge in [0.2, 0.25) is 5.91 Å². The van der Waals surface area contributed by atoms with Crippen molar-refractivity contribution in [3.8, 4) is 0 Å². The highest BCUT2D eigenvalue weighted by Gasteiger charge is 2.31. The number of carbonyl (C=O) groups is 1. The number of piperazine rings is 1. The van der Waals surface area contributed by atoms with E-state index in [2.05, 4.69) is 22.5 Å². The SMILES string of the molecule is CC(C(=O)NCC1(C)CCCO1)N1CCNCC1. The summed E-state index contributed by atoms with van der Waals surface area (Å²) in [5.41, 5.74) is -0.154. The van der Waals surface area contributed by atoms with Crippen LogP contribution in [0, 0.1) is 0 Å². The van der Waals surface area contributed by atoms with E-state index in [1.807, 2.05) is 6.92 Å². The van der Waals surface area contributed by atoms with Crippen molar-refractivity contribution in [2.24, 2.45) is 0 Å². The van der Waals surface area contributed by atoms with Gasteiger partial charge in [0.05, 0.1) is 11.6 Å². The summed E-state index contributed by atoms with van der Waals surface area (Å²) in [7, 11) is 0. The van der Waals surface area contributed by atoms with Gasteiger partial charge in [-0.3, -0.25) is 9.69 Å². The Bertz CT molecular complexity index is 284. The molecule has 0 spiro atoms. The Labute approximate surface area is 109 Å². The molecule has 5 nitrogen and oxygen atoms in total. The third-order valence-electron chi connectivity index (χ3n) is 4.02. The fourth-order valence-electron chi connectivity index (χ4n) is 2.63. The molecule has 0 radical (unpaired) electrons. The molecule has 2 fully saturated rings. The van der Waals surface area contributed by atoms with Crippen LogP contribution >= 0.6 is 0 Å². The second-order valence-electron chi connectivity index (χ2n) is 5.58. The molecule has 2 atom stereocenters. The molecule has 2 aliphatic rings. The number of amides is 1. The maximum absolute atomic E-state index is 12.1. The van der Waals surface area contributed by atoms with Crippen LogP contribution in [-0.2, 0) is 9.53 Å². The van der Waals surface area contributed by atoms with Crippen LogP contribution in [0.25, 0.3) is 0 Å². The molecule has 2 rings (SSSR count). The minimum absolute atomic E-state index is 0.0443. The molecule has 2 N–H and O–H groups in total. The minimum atomic E-state index is -0.154. The quantitative estimate of drug-likeness (QED) is 0.740. The van der Waals surface area contributed by atoms with Gasteiger partial charge in [-0.05, 0) is 26.7 Å². The lowest BCUT2D eigenvalue weighted by molar-refractivity contribution is -0.127. The zero-order chi connectivity index (χ0) is 13.0. The maximum atomic E-state index is 12.1. The van der Waals surface area contributed by atoms with Crippen molar-refractivity contribution in [3.05, 3.63) is 0 Å². The van der Waals surface area contributed by atoms with Crippen LogP contribution in [0.1, 0.15) is 26.7 Å². The molecular formula is C13H25N3O2. The highest BCUT2D eigenvalue weighted by Crippen LogP contribution is 2.23. The molecule has 104 valence electrons. The summed E-state index contributed by atoms with van der Waals surface area (Å²) < 4.78 is 5.68. The van der Waals surface area contributed by atoms with Gasteiger partial charge in [0, 0.05) is 39.3 Å². The van der Waals surface area contributed by atoms with E-state index >= 15 is 0 Å². The fraction of sp³-hybridized carbons (Fsp3) is 0.923. The molecule has 5 heteroatoms. The Morgan fingerprint density at radius 2 is 2.22 bits per heavy atom. The zero-order valence-electron chi connectivity index (χ0n) is 11.5. The molecule has 1 amide bonds. The van der Waals surface area contributed by atoms with E-state index in [0.29, 0.717) is 6.54 Å². The minimum Gasteiger partial charge on any atom is -0.373 e. The largest absolute Gasteiger partial charge is 0.373 e. The lowest BCUT2D eigenvalue weighted by atomic mass is 10.0. The average molecular weight is 255 g/mol. The molecule has 18 heavy (non-hydrogen) atoms. The summed E-state index contributed by atoms with van der Waals surface area (Å²) in [6, 6.07) is -0.0443. The molecule has 0 aromatic heterocycles. The number of nitrogens with one attached hydrogen (secondary N) is 2. The molecule has 0 aromatic carbocycles. The number of carbonyl (C=O) groups excluding carboxylic acids is 1. The first-order valence-corrected chi connectivity index (χ1v) is 6.97. The number of hydrogen-bond acceptors (Lipinski definition) is 4. The summed E-state index contributed by atoms with van der Waals surface area (Å²) in [5.74, 6) is 0.119. The van der Waals surface area contributed by atoms with Gasteiger partial charge < -0.3 is 15.4 Å². The van der Waals surface area contributed by atoms with Gasteiger partial charge in [0.15, 0.2) is 0 Å². The van der Waals surface area contributed by atoms with Gasteiger partial charge >= 0.3 is 0 Å². The van der Waals surface area contributed by atoms with Crippen LogP contribution in [0.2, 0.25) is 0 Å². The first-order valence-electron chi connectivity index (χ1n) is 6.97. The third kappa shape index (κ3) is 3.43. The van der Waals surface area contributed by atoms with Crippen molar-refractivity contribution in [2.75, 3.05) is 39.3 Å². The Kier molecular flexibility index (Phi) is 4.59. The van der Waals surface area contributed by atoms with E-state index < -0.39 is 0 Å². The number of rotatable bonds is 4. The van der Waals surface area contributed by atoms with E-state index in [9.17, 15) is 4.79 Å². The Morgan fingerprint density at radius 1 is 1.50 bits per heavy atom. The normalized spacial score (nSPS) is 31.2. The molecule has 0 bridgehead atoms. The first kappa shape index (κ1) is 13.8. The second-order valence-corrected chi connectivity index (χ2v) is 5.58. The lowest BCUT2D eigenvalue weighted by Crippen LogP contribution is -2.54. The summed E-state index contributed by atoms with van der Waals surface area (Å²) in [5, 5.41) is 6.33. The highest BCUT2D eigenvalue weighted by atomic mass is 16.5. The maximum Gasteiger partial charge on any atom is 0.237 e. The van der Waals surface area contributed by atoms with Gasteiger partial charge in [-0.15, -0.1) is 0 Å². The number of ether oxygens (including phenoxy) is 1. The zero-order valence-corrected chi connectivity index (χ0v) is 11.5. The predicted octanol–water partition coefficient (Wildman–Crippen LogP) is -0.0346. The molecule has 2 unspecified atom stereocenters. The number of hydrogen-bond donors (Lipinski definition) is 2. The Balaban J connectivity index is 1.76. The monoisotopic (exact) mass is 255 g/mol. The molecule has 0 saturated carbocycles. The Hall–Kier alpha value is -0.650. The summed E-state index contributed by atoms with van der Waals surface area (Å²) in [6.07, 6.45) is 2.13. The highest BCUT2D eigenvalue weighted by molar-refractivity contribution is 5.81. The summed E-state index contributed by atoms with van der Waals surface area (Å²) in [6.45, 7) is 9.35. The standard InChI is InChI=1S/C13H25N3O2/c1-11(16-7-5-14-6-8-16)12(17)15-10-13(2)4-3-9-18-13/h11,14H,3-10H2,1-2H3,(H,15,17). The first-order chi connectivity index (χ1) is 8.61. The van der Waals surface area contributed by atoms with Gasteiger partial charge in [-0.2, -0.15) is 0 Å². The molecule has 0 aliphatic carbocycles. The van der Waals surface area contributed by atoms with Crippen molar-refractivity contribution in [3.63, 3.8) is 0 Å². The Morgan fingerprint density at radius 3 is 2.83 bits per heavy atom. The second kappa shape index (κ2) is 5.99. The van der Waals surface area contributed by atoms with E-state index in [1.165, 1.54) is 0 Å². The molecule has 2 heterocycles. The van der Waals surface area contributed by atoms with E-state index in [0.717, 1.165) is 45.6 Å². The van der Waals surface area contributed by atoms with Crippen LogP contribution in [0.4, 0.5) is 0 Å². The van der Waals surface area contributed by atoms with E-state index in [4.69, 9.17) is 4.74 Å². The van der Waals surface area contributed by atoms with Gasteiger partial charge in [0.25, 0.3) is 0 Å². The van der Waals surface area contributed by atoms with Crippen molar-refractivity contribution < 1.29 is 9.53 Å². The van der Waals surface area contributed by atoms with E-state index in [-0.39, 0.29) is 17.6 Å². The molecule has 2 saturated heterocycles. The predicted molar refractivity (Wildman–Crippen MR) is 70.5 cm³/mol. The third-order valence-corrected chi connectivity index (χ3v) is 4.02. The van der Waals surface area contributed by atoms with Crippen molar-refractivity contribution in [1.82, 2.24) is 15.5 Å². The molecule has 2 aliphatic heterocycles. The topological polar surface area (TPSA) is 53.6 Å². The van der Waals surface area contributed by atoms with Crippen molar-refractivity contribution in [2.45, 2.75) is 38.3 Å². The fourth-order valence-corrected chi connectivity index (χ4v) is 2.63. The van der Waals surface area contributed by atoms with Gasteiger partial charge in [0.1, 0.15) is 0 Å². The van der Waals surface area contributed by atoms with E-state index in [1.54, 1.807) is 0 Å². The van der Waals surface area contributed by atoms with Gasteiger partial charge in [-0.25, -0.2) is 0 Å². The average Bonchev–Trinajstić information content (AvgIpc) is 2.83. The summed E-state index contributed by atoms with van der Waals surface area (Å²) >= 11 is 0. The van der Waals surface area contributed by atoms with Crippen LogP contribution in [0.3, 0.4) is 0 Å². The lowest BCUT2D eigenvalue weighted by Gasteiger charge is -2.32. The van der Waals surface area contributed by atoms with Crippen LogP contribution < -0.4 is 10.6 Å². The van der Waals surface area contributed by atoms with Crippen LogP contribution in [0.5, 0.6) is 0 Å². The van der Waals surface area contributed by atoms with Gasteiger partial charge in [-0.1, -0.05) is 0 Å². The van der Waals surface area contributed by atoms with Crippen LogP contribution in [-0.4, -0.2) is 61.8 Å². The summed E-state index contributed by atoms with van der Waals surface area (Å²) in [4.78, 5) is 14.3. The smallest absolute Gasteiger partial charge is 0.237 e.